The van der Waals surface area contributed by atoms with Gasteiger partial charge in [0.1, 0.15) is 11.6 Å². The topological polar surface area (TPSA) is 0 Å². The summed E-state index contributed by atoms with van der Waals surface area (Å²) in [5, 5.41) is 0. The molecule has 0 aliphatic rings. The maximum Gasteiger partial charge on any atom is 0.409 e. The molecule has 0 aromatic heterocycles. The minimum atomic E-state index is -4.53. The first-order chi connectivity index (χ1) is 15.8. The molecular formula is C28H27F5. The molecule has 0 saturated carbocycles. The first-order valence-electron chi connectivity index (χ1n) is 11.2. The number of alkyl halides is 3. The molecule has 0 nitrogen and oxygen atoms in total. The van der Waals surface area contributed by atoms with E-state index in [0.29, 0.717) is 11.6 Å². The minimum Gasteiger partial charge on any atom is -0.206 e. The lowest BCUT2D eigenvalue weighted by Gasteiger charge is -2.09. The van der Waals surface area contributed by atoms with Crippen molar-refractivity contribution in [2.24, 2.45) is 0 Å². The first-order valence-corrected chi connectivity index (χ1v) is 11.2. The third-order valence-corrected chi connectivity index (χ3v) is 5.59. The van der Waals surface area contributed by atoms with Crippen molar-refractivity contribution < 1.29 is 22.0 Å². The highest BCUT2D eigenvalue weighted by atomic mass is 19.4. The molecule has 0 heterocycles. The van der Waals surface area contributed by atoms with Gasteiger partial charge in [-0.05, 0) is 53.3 Å². The Morgan fingerprint density at radius 2 is 1.33 bits per heavy atom. The summed E-state index contributed by atoms with van der Waals surface area (Å²) in [7, 11) is 0. The van der Waals surface area contributed by atoms with Crippen LogP contribution in [0.1, 0.15) is 50.2 Å². The second kappa shape index (κ2) is 11.3. The van der Waals surface area contributed by atoms with Crippen LogP contribution < -0.4 is 0 Å². The number of rotatable bonds is 9. The molecule has 0 fully saturated rings. The number of hydrogen-bond donors (Lipinski definition) is 0. The Morgan fingerprint density at radius 3 is 1.97 bits per heavy atom. The van der Waals surface area contributed by atoms with Crippen LogP contribution in [0.3, 0.4) is 0 Å². The third kappa shape index (κ3) is 7.28. The summed E-state index contributed by atoms with van der Waals surface area (Å²) < 4.78 is 66.0. The fourth-order valence-electron chi connectivity index (χ4n) is 3.74. The van der Waals surface area contributed by atoms with Crippen LogP contribution >= 0.6 is 0 Å². The summed E-state index contributed by atoms with van der Waals surface area (Å²) in [6.07, 6.45) is 3.27. The summed E-state index contributed by atoms with van der Waals surface area (Å²) in [5.74, 6) is -1.37. The molecule has 33 heavy (non-hydrogen) atoms. The zero-order chi connectivity index (χ0) is 23.8. The summed E-state index contributed by atoms with van der Waals surface area (Å²) in [6.45, 7) is 2.20. The van der Waals surface area contributed by atoms with Crippen molar-refractivity contribution in [3.05, 3.63) is 89.5 Å². The highest BCUT2D eigenvalue weighted by Crippen LogP contribution is 2.30. The maximum absolute atomic E-state index is 14.8. The van der Waals surface area contributed by atoms with E-state index in [1.807, 2.05) is 12.1 Å². The Labute approximate surface area is 191 Å². The van der Waals surface area contributed by atoms with E-state index in [4.69, 9.17) is 0 Å². The lowest BCUT2D eigenvalue weighted by molar-refractivity contribution is -0.0790. The Hall–Kier alpha value is -2.95. The maximum atomic E-state index is 14.8. The van der Waals surface area contributed by atoms with Gasteiger partial charge in [-0.1, -0.05) is 81.1 Å². The van der Waals surface area contributed by atoms with E-state index in [1.165, 1.54) is 49.4 Å². The van der Waals surface area contributed by atoms with Gasteiger partial charge >= 0.3 is 6.18 Å². The molecule has 0 amide bonds. The predicted molar refractivity (Wildman–Crippen MR) is 125 cm³/mol. The van der Waals surface area contributed by atoms with Gasteiger partial charge in [0.2, 0.25) is 0 Å². The summed E-state index contributed by atoms with van der Waals surface area (Å²) in [4.78, 5) is 0. The monoisotopic (exact) mass is 458 g/mol. The van der Waals surface area contributed by atoms with Crippen LogP contribution in [0.2, 0.25) is 0 Å². The highest BCUT2D eigenvalue weighted by Gasteiger charge is 2.22. The van der Waals surface area contributed by atoms with E-state index in [-0.39, 0.29) is 22.8 Å². The lowest BCUT2D eigenvalue weighted by Crippen LogP contribution is -2.00. The number of hydrogen-bond acceptors (Lipinski definition) is 0. The second-order valence-corrected chi connectivity index (χ2v) is 8.17. The Kier molecular flexibility index (Phi) is 8.43. The largest absolute Gasteiger partial charge is 0.409 e. The van der Waals surface area contributed by atoms with Crippen molar-refractivity contribution >= 4 is 6.08 Å². The predicted octanol–water partition coefficient (Wildman–Crippen LogP) is 9.39. The zero-order valence-electron chi connectivity index (χ0n) is 18.6. The normalized spacial score (nSPS) is 11.9. The van der Waals surface area contributed by atoms with E-state index in [0.717, 1.165) is 24.5 Å². The van der Waals surface area contributed by atoms with Gasteiger partial charge in [-0.25, -0.2) is 8.78 Å². The van der Waals surface area contributed by atoms with Gasteiger partial charge in [-0.2, -0.15) is 13.2 Å². The third-order valence-electron chi connectivity index (χ3n) is 5.59. The molecule has 0 N–H and O–H groups in total. The molecular weight excluding hydrogens is 431 g/mol. The lowest BCUT2D eigenvalue weighted by atomic mass is 9.97. The molecule has 0 saturated heterocycles. The number of benzene rings is 3. The van der Waals surface area contributed by atoms with Crippen LogP contribution in [0.5, 0.6) is 0 Å². The number of aryl methyl sites for hydroxylation is 1. The average molecular weight is 459 g/mol. The van der Waals surface area contributed by atoms with Gasteiger partial charge in [0, 0.05) is 17.2 Å². The van der Waals surface area contributed by atoms with Gasteiger partial charge < -0.3 is 0 Å². The number of unbranched alkanes of at least 4 members (excludes halogenated alkanes) is 4. The first kappa shape index (κ1) is 24.7. The number of allylic oxidation sites excluding steroid dienone is 1. The van der Waals surface area contributed by atoms with Crippen molar-refractivity contribution in [2.45, 2.75) is 51.6 Å². The summed E-state index contributed by atoms with van der Waals surface area (Å²) >= 11 is 0. The van der Waals surface area contributed by atoms with Crippen LogP contribution in [0.15, 0.2) is 66.7 Å². The molecule has 3 aromatic rings. The van der Waals surface area contributed by atoms with Crippen molar-refractivity contribution in [1.82, 2.24) is 0 Å². The molecule has 5 heteroatoms. The minimum absolute atomic E-state index is 0.0296. The van der Waals surface area contributed by atoms with E-state index in [1.54, 1.807) is 12.1 Å². The van der Waals surface area contributed by atoms with Crippen LogP contribution in [-0.2, 0) is 6.42 Å². The van der Waals surface area contributed by atoms with Gasteiger partial charge in [0.25, 0.3) is 0 Å². The number of halogens is 5. The van der Waals surface area contributed by atoms with Crippen molar-refractivity contribution in [3.63, 3.8) is 0 Å². The molecule has 3 rings (SSSR count). The van der Waals surface area contributed by atoms with Crippen molar-refractivity contribution in [1.29, 1.82) is 0 Å². The van der Waals surface area contributed by atoms with E-state index in [2.05, 4.69) is 19.1 Å². The Morgan fingerprint density at radius 1 is 0.697 bits per heavy atom. The highest BCUT2D eigenvalue weighted by molar-refractivity contribution is 5.72. The fourth-order valence-corrected chi connectivity index (χ4v) is 3.74. The molecule has 174 valence electrons. The van der Waals surface area contributed by atoms with Gasteiger partial charge in [-0.3, -0.25) is 0 Å². The Bertz CT molecular complexity index is 1080. The van der Waals surface area contributed by atoms with Crippen LogP contribution in [0.25, 0.3) is 28.3 Å². The van der Waals surface area contributed by atoms with Crippen LogP contribution in [0.4, 0.5) is 22.0 Å². The van der Waals surface area contributed by atoms with E-state index in [9.17, 15) is 22.0 Å². The van der Waals surface area contributed by atoms with Gasteiger partial charge in [0.15, 0.2) is 0 Å². The SMILES string of the molecule is CCCCCCCc1ccc(-c2ccc(-c3ccc(/C=C/C(F)(F)F)c(F)c3)c(F)c2)cc1. The average Bonchev–Trinajstić information content (AvgIpc) is 2.78. The molecule has 0 bridgehead atoms. The van der Waals surface area contributed by atoms with Crippen LogP contribution in [0, 0.1) is 11.6 Å². The van der Waals surface area contributed by atoms with Crippen LogP contribution in [-0.4, -0.2) is 6.18 Å². The molecule has 0 radical (unpaired) electrons. The van der Waals surface area contributed by atoms with E-state index >= 15 is 0 Å². The van der Waals surface area contributed by atoms with E-state index < -0.39 is 17.8 Å². The van der Waals surface area contributed by atoms with Crippen molar-refractivity contribution in [3.8, 4) is 22.3 Å². The standard InChI is InChI=1S/C28H27F5/c1-2-3-4-5-6-7-20-8-10-21(11-9-20)23-14-15-25(27(30)18-23)24-13-12-22(26(29)19-24)16-17-28(31,32)33/h8-19H,2-7H2,1H3/b17-16+. The molecule has 0 aliphatic heterocycles. The van der Waals surface area contributed by atoms with Gasteiger partial charge in [0.05, 0.1) is 0 Å². The fraction of sp³-hybridized carbons (Fsp3) is 0.286. The smallest absolute Gasteiger partial charge is 0.206 e. The quantitative estimate of drug-likeness (QED) is 0.221. The Balaban J connectivity index is 1.71. The summed E-state index contributed by atoms with van der Waals surface area (Å²) in [5.41, 5.74) is 3.08. The molecule has 0 atom stereocenters. The molecule has 3 aromatic carbocycles. The zero-order valence-corrected chi connectivity index (χ0v) is 18.6. The second-order valence-electron chi connectivity index (χ2n) is 8.17. The molecule has 0 spiro atoms. The van der Waals surface area contributed by atoms with Crippen molar-refractivity contribution in [2.75, 3.05) is 0 Å². The summed E-state index contributed by atoms with van der Waals surface area (Å²) in [6, 6.07) is 16.4. The molecule has 0 unspecified atom stereocenters. The molecule has 0 aliphatic carbocycles. The van der Waals surface area contributed by atoms with Gasteiger partial charge in [-0.15, -0.1) is 0 Å².